The van der Waals surface area contributed by atoms with E-state index in [4.69, 9.17) is 10.8 Å². The van der Waals surface area contributed by atoms with Crippen LogP contribution in [0.4, 0.5) is 0 Å². The summed E-state index contributed by atoms with van der Waals surface area (Å²) in [6.45, 7) is 0.0425. The van der Waals surface area contributed by atoms with Gasteiger partial charge in [0.1, 0.15) is 6.10 Å². The van der Waals surface area contributed by atoms with Crippen molar-refractivity contribution in [2.45, 2.75) is 6.10 Å². The van der Waals surface area contributed by atoms with E-state index in [1.807, 2.05) is 0 Å². The molecule has 1 atom stereocenters. The molecule has 0 saturated carbocycles. The van der Waals surface area contributed by atoms with Crippen molar-refractivity contribution in [3.05, 3.63) is 16.3 Å². The Morgan fingerprint density at radius 2 is 2.50 bits per heavy atom. The van der Waals surface area contributed by atoms with Gasteiger partial charge in [0.2, 0.25) is 0 Å². The van der Waals surface area contributed by atoms with E-state index in [1.54, 1.807) is 0 Å². The van der Waals surface area contributed by atoms with Crippen LogP contribution in [0.5, 0.6) is 0 Å². The predicted molar refractivity (Wildman–Crippen MR) is 33.2 cm³/mol. The fourth-order valence-corrected chi connectivity index (χ4v) is 0.553. The number of aliphatic hydroxyl groups excluding tert-OH is 1. The van der Waals surface area contributed by atoms with Crippen LogP contribution in [0.15, 0.2) is 4.79 Å². The van der Waals surface area contributed by atoms with Crippen LogP contribution < -0.4 is 11.4 Å². The van der Waals surface area contributed by atoms with Crippen molar-refractivity contribution in [1.29, 1.82) is 0 Å². The van der Waals surface area contributed by atoms with Crippen LogP contribution in [0.25, 0.3) is 0 Å². The third-order valence-corrected chi connectivity index (χ3v) is 1.06. The topological polar surface area (TPSA) is 108 Å². The summed E-state index contributed by atoms with van der Waals surface area (Å²) in [6.07, 6.45) is -0.890. The van der Waals surface area contributed by atoms with Crippen molar-refractivity contribution in [1.82, 2.24) is 15.2 Å². The third kappa shape index (κ3) is 1.23. The van der Waals surface area contributed by atoms with Gasteiger partial charge in [0.25, 0.3) is 0 Å². The maximum Gasteiger partial charge on any atom is 0.340 e. The zero-order chi connectivity index (χ0) is 7.56. The van der Waals surface area contributed by atoms with Gasteiger partial charge in [0, 0.05) is 6.54 Å². The number of rotatable bonds is 2. The van der Waals surface area contributed by atoms with E-state index in [0.717, 1.165) is 0 Å². The van der Waals surface area contributed by atoms with Crippen LogP contribution in [0.1, 0.15) is 11.9 Å². The van der Waals surface area contributed by atoms with Gasteiger partial charge in [-0.3, -0.25) is 4.98 Å². The highest BCUT2D eigenvalue weighted by atomic mass is 16.3. The largest absolute Gasteiger partial charge is 0.384 e. The van der Waals surface area contributed by atoms with Gasteiger partial charge in [0.15, 0.2) is 5.82 Å². The molecule has 1 rings (SSSR count). The average Bonchev–Trinajstić information content (AvgIpc) is 2.34. The molecule has 0 spiro atoms. The van der Waals surface area contributed by atoms with Gasteiger partial charge in [-0.05, 0) is 0 Å². The SMILES string of the molecule is NCC(O)c1n[nH]c(=O)[nH]1. The van der Waals surface area contributed by atoms with Gasteiger partial charge >= 0.3 is 5.69 Å². The number of H-pyrrole nitrogens is 2. The number of aliphatic hydroxyl groups is 1. The van der Waals surface area contributed by atoms with Crippen molar-refractivity contribution in [3.8, 4) is 0 Å². The maximum atomic E-state index is 10.4. The number of aromatic nitrogens is 3. The summed E-state index contributed by atoms with van der Waals surface area (Å²) in [5.41, 5.74) is 4.65. The molecule has 1 aromatic heterocycles. The second-order valence-electron chi connectivity index (χ2n) is 1.81. The highest BCUT2D eigenvalue weighted by Gasteiger charge is 2.07. The molecule has 6 heteroatoms. The number of hydrogen-bond donors (Lipinski definition) is 4. The molecule has 1 heterocycles. The molecule has 0 aromatic carbocycles. The van der Waals surface area contributed by atoms with Crippen LogP contribution in [0.2, 0.25) is 0 Å². The molecule has 1 aromatic rings. The normalized spacial score (nSPS) is 13.4. The second kappa shape index (κ2) is 2.63. The Balaban J connectivity index is 2.84. The van der Waals surface area contributed by atoms with Gasteiger partial charge in [-0.15, -0.1) is 0 Å². The van der Waals surface area contributed by atoms with Crippen LogP contribution in [-0.2, 0) is 0 Å². The number of nitrogens with two attached hydrogens (primary N) is 1. The maximum absolute atomic E-state index is 10.4. The predicted octanol–water partition coefficient (Wildman–Crippen LogP) is -1.91. The first-order valence-electron chi connectivity index (χ1n) is 2.76. The van der Waals surface area contributed by atoms with Crippen molar-refractivity contribution in [2.24, 2.45) is 5.73 Å². The number of hydrogen-bond acceptors (Lipinski definition) is 4. The third-order valence-electron chi connectivity index (χ3n) is 1.06. The highest BCUT2D eigenvalue weighted by Crippen LogP contribution is 1.98. The molecule has 56 valence electrons. The Bertz CT molecular complexity index is 252. The van der Waals surface area contributed by atoms with E-state index in [1.165, 1.54) is 0 Å². The lowest BCUT2D eigenvalue weighted by Gasteiger charge is -1.99. The highest BCUT2D eigenvalue weighted by molar-refractivity contribution is 4.86. The summed E-state index contributed by atoms with van der Waals surface area (Å²) in [7, 11) is 0. The Morgan fingerprint density at radius 1 is 1.80 bits per heavy atom. The van der Waals surface area contributed by atoms with Crippen molar-refractivity contribution < 1.29 is 5.11 Å². The smallest absolute Gasteiger partial charge is 0.340 e. The van der Waals surface area contributed by atoms with Crippen LogP contribution in [-0.4, -0.2) is 26.8 Å². The van der Waals surface area contributed by atoms with Crippen molar-refractivity contribution >= 4 is 0 Å². The molecule has 0 saturated heterocycles. The Morgan fingerprint density at radius 3 is 2.90 bits per heavy atom. The fraction of sp³-hybridized carbons (Fsp3) is 0.500. The molecule has 0 aliphatic carbocycles. The Hall–Kier alpha value is -1.14. The van der Waals surface area contributed by atoms with E-state index in [0.29, 0.717) is 0 Å². The Labute approximate surface area is 56.1 Å². The van der Waals surface area contributed by atoms with Crippen LogP contribution in [0, 0.1) is 0 Å². The van der Waals surface area contributed by atoms with E-state index < -0.39 is 11.8 Å². The summed E-state index contributed by atoms with van der Waals surface area (Å²) in [6, 6.07) is 0. The zero-order valence-corrected chi connectivity index (χ0v) is 5.16. The lowest BCUT2D eigenvalue weighted by Crippen LogP contribution is -2.13. The minimum Gasteiger partial charge on any atom is -0.384 e. The monoisotopic (exact) mass is 144 g/mol. The van der Waals surface area contributed by atoms with Gasteiger partial charge in [-0.25, -0.2) is 9.89 Å². The van der Waals surface area contributed by atoms with Crippen molar-refractivity contribution in [3.63, 3.8) is 0 Å². The van der Waals surface area contributed by atoms with E-state index >= 15 is 0 Å². The molecule has 0 fully saturated rings. The summed E-state index contributed by atoms with van der Waals surface area (Å²) < 4.78 is 0. The summed E-state index contributed by atoms with van der Waals surface area (Å²) in [5.74, 6) is 0.174. The minimum absolute atomic E-state index is 0.0425. The standard InChI is InChI=1S/C4H8N4O2/c5-1-2(9)3-6-4(10)8-7-3/h2,9H,1,5H2,(H2,6,7,8,10). The fourth-order valence-electron chi connectivity index (χ4n) is 0.553. The molecule has 0 aliphatic rings. The van der Waals surface area contributed by atoms with E-state index in [-0.39, 0.29) is 12.4 Å². The van der Waals surface area contributed by atoms with Crippen LogP contribution in [0.3, 0.4) is 0 Å². The van der Waals surface area contributed by atoms with Gasteiger partial charge < -0.3 is 10.8 Å². The molecular formula is C4H8N4O2. The zero-order valence-electron chi connectivity index (χ0n) is 5.16. The molecule has 6 nitrogen and oxygen atoms in total. The van der Waals surface area contributed by atoms with Crippen molar-refractivity contribution in [2.75, 3.05) is 6.54 Å². The first-order chi connectivity index (χ1) is 4.74. The molecule has 0 bridgehead atoms. The first kappa shape index (κ1) is 6.97. The molecule has 5 N–H and O–H groups in total. The van der Waals surface area contributed by atoms with Gasteiger partial charge in [0.05, 0.1) is 0 Å². The quantitative estimate of drug-likeness (QED) is 0.388. The number of aromatic amines is 2. The molecule has 10 heavy (non-hydrogen) atoms. The van der Waals surface area contributed by atoms with E-state index in [9.17, 15) is 4.79 Å². The Kier molecular flexibility index (Phi) is 1.83. The molecule has 1 unspecified atom stereocenters. The van der Waals surface area contributed by atoms with Crippen LogP contribution >= 0.6 is 0 Å². The molecule has 0 amide bonds. The summed E-state index contributed by atoms with van der Waals surface area (Å²) in [5, 5.41) is 14.5. The molecule has 0 radical (unpaired) electrons. The summed E-state index contributed by atoms with van der Waals surface area (Å²) >= 11 is 0. The average molecular weight is 144 g/mol. The lowest BCUT2D eigenvalue weighted by atomic mass is 10.3. The van der Waals surface area contributed by atoms with Gasteiger partial charge in [-0.2, -0.15) is 5.10 Å². The molecule has 0 aliphatic heterocycles. The number of nitrogens with zero attached hydrogens (tertiary/aromatic N) is 1. The molecular weight excluding hydrogens is 136 g/mol. The minimum atomic E-state index is -0.890. The summed E-state index contributed by atoms with van der Waals surface area (Å²) in [4.78, 5) is 12.7. The van der Waals surface area contributed by atoms with E-state index in [2.05, 4.69) is 15.2 Å². The van der Waals surface area contributed by atoms with Gasteiger partial charge in [-0.1, -0.05) is 0 Å². The first-order valence-corrected chi connectivity index (χ1v) is 2.76. The number of nitrogens with one attached hydrogen (secondary N) is 2. The lowest BCUT2D eigenvalue weighted by molar-refractivity contribution is 0.177. The second-order valence-corrected chi connectivity index (χ2v) is 1.81.